The third-order valence-electron chi connectivity index (χ3n) is 3.89. The molecule has 2 N–H and O–H groups in total. The van der Waals surface area contributed by atoms with E-state index in [4.69, 9.17) is 4.42 Å². The quantitative estimate of drug-likeness (QED) is 0.870. The minimum Gasteiger partial charge on any atom is -0.459 e. The number of para-hydroxylation sites is 1. The molecule has 3 nitrogen and oxygen atoms in total. The summed E-state index contributed by atoms with van der Waals surface area (Å²) >= 11 is 0. The maximum Gasteiger partial charge on any atom is 0.134 e. The summed E-state index contributed by atoms with van der Waals surface area (Å²) in [7, 11) is 0. The van der Waals surface area contributed by atoms with E-state index in [9.17, 15) is 5.11 Å². The van der Waals surface area contributed by atoms with E-state index in [1.54, 1.807) is 0 Å². The van der Waals surface area contributed by atoms with Crippen molar-refractivity contribution in [2.75, 3.05) is 6.54 Å². The molecule has 1 atom stereocenters. The maximum absolute atomic E-state index is 10.1. The second-order valence-electron chi connectivity index (χ2n) is 5.37. The molecule has 3 rings (SSSR count). The predicted octanol–water partition coefficient (Wildman–Crippen LogP) is 3.00. The van der Waals surface area contributed by atoms with Crippen LogP contribution in [0.1, 0.15) is 38.0 Å². The Balaban J connectivity index is 1.69. The van der Waals surface area contributed by atoms with E-state index >= 15 is 0 Å². The maximum atomic E-state index is 10.1. The number of rotatable bonds is 4. The molecule has 0 spiro atoms. The number of furan rings is 1. The molecule has 3 heteroatoms. The number of nitrogens with one attached hydrogen (secondary N) is 1. The van der Waals surface area contributed by atoms with E-state index in [0.29, 0.717) is 6.54 Å². The highest BCUT2D eigenvalue weighted by Gasteiger charge is 2.34. The van der Waals surface area contributed by atoms with Crippen LogP contribution in [0.4, 0.5) is 0 Å². The molecule has 1 fully saturated rings. The SMILES string of the molecule is CC(NCC1(O)CCC1)c1cc2ccccc2o1. The molecule has 0 radical (unpaired) electrons. The van der Waals surface area contributed by atoms with Gasteiger partial charge in [0.25, 0.3) is 0 Å². The third kappa shape index (κ3) is 2.16. The first kappa shape index (κ1) is 11.8. The van der Waals surface area contributed by atoms with E-state index < -0.39 is 5.60 Å². The molecule has 1 aliphatic rings. The van der Waals surface area contributed by atoms with Gasteiger partial charge in [-0.3, -0.25) is 0 Å². The lowest BCUT2D eigenvalue weighted by Gasteiger charge is -2.37. The lowest BCUT2D eigenvalue weighted by Crippen LogP contribution is -2.46. The first-order valence-electron chi connectivity index (χ1n) is 6.61. The number of aliphatic hydroxyl groups is 1. The van der Waals surface area contributed by atoms with Crippen LogP contribution in [0.3, 0.4) is 0 Å². The highest BCUT2D eigenvalue weighted by Crippen LogP contribution is 2.31. The number of hydrogen-bond donors (Lipinski definition) is 2. The molecule has 96 valence electrons. The molecule has 1 aromatic carbocycles. The summed E-state index contributed by atoms with van der Waals surface area (Å²) in [5.74, 6) is 0.930. The first-order valence-corrected chi connectivity index (χ1v) is 6.61. The second kappa shape index (κ2) is 4.41. The second-order valence-corrected chi connectivity index (χ2v) is 5.37. The van der Waals surface area contributed by atoms with Crippen molar-refractivity contribution < 1.29 is 9.52 Å². The molecule has 0 amide bonds. The third-order valence-corrected chi connectivity index (χ3v) is 3.89. The molecule has 2 aromatic rings. The van der Waals surface area contributed by atoms with Crippen LogP contribution in [-0.2, 0) is 0 Å². The molecular formula is C15H19NO2. The molecule has 1 unspecified atom stereocenters. The Morgan fingerprint density at radius 1 is 1.39 bits per heavy atom. The van der Waals surface area contributed by atoms with Crippen LogP contribution >= 0.6 is 0 Å². The van der Waals surface area contributed by atoms with Gasteiger partial charge in [-0.15, -0.1) is 0 Å². The van der Waals surface area contributed by atoms with Crippen LogP contribution in [0.5, 0.6) is 0 Å². The summed E-state index contributed by atoms with van der Waals surface area (Å²) in [6, 6.07) is 10.2. The fraction of sp³-hybridized carbons (Fsp3) is 0.467. The molecule has 1 aromatic heterocycles. The fourth-order valence-corrected chi connectivity index (χ4v) is 2.42. The van der Waals surface area contributed by atoms with Crippen LogP contribution in [0.15, 0.2) is 34.7 Å². The topological polar surface area (TPSA) is 45.4 Å². The average Bonchev–Trinajstić information content (AvgIpc) is 2.77. The van der Waals surface area contributed by atoms with Gasteiger partial charge >= 0.3 is 0 Å². The van der Waals surface area contributed by atoms with Gasteiger partial charge in [0.1, 0.15) is 11.3 Å². The van der Waals surface area contributed by atoms with Crippen molar-refractivity contribution in [3.8, 4) is 0 Å². The lowest BCUT2D eigenvalue weighted by molar-refractivity contribution is -0.0332. The normalized spacial score (nSPS) is 19.7. The van der Waals surface area contributed by atoms with Gasteiger partial charge in [0, 0.05) is 11.9 Å². The van der Waals surface area contributed by atoms with Crippen LogP contribution in [0, 0.1) is 0 Å². The van der Waals surface area contributed by atoms with Crippen molar-refractivity contribution in [2.45, 2.75) is 37.8 Å². The van der Waals surface area contributed by atoms with Crippen molar-refractivity contribution in [3.63, 3.8) is 0 Å². The van der Waals surface area contributed by atoms with Gasteiger partial charge in [0.2, 0.25) is 0 Å². The van der Waals surface area contributed by atoms with Crippen molar-refractivity contribution in [1.82, 2.24) is 5.32 Å². The largest absolute Gasteiger partial charge is 0.459 e. The minimum atomic E-state index is -0.486. The summed E-state index contributed by atoms with van der Waals surface area (Å²) in [5.41, 5.74) is 0.434. The molecule has 0 aliphatic heterocycles. The van der Waals surface area contributed by atoms with Crippen LogP contribution in [0.25, 0.3) is 11.0 Å². The molecule has 18 heavy (non-hydrogen) atoms. The van der Waals surface area contributed by atoms with Gasteiger partial charge in [-0.2, -0.15) is 0 Å². The minimum absolute atomic E-state index is 0.127. The molecule has 1 heterocycles. The lowest BCUT2D eigenvalue weighted by atomic mass is 9.80. The zero-order chi connectivity index (χ0) is 12.6. The molecule has 1 saturated carbocycles. The Hall–Kier alpha value is -1.32. The highest BCUT2D eigenvalue weighted by atomic mass is 16.3. The van der Waals surface area contributed by atoms with Crippen molar-refractivity contribution in [3.05, 3.63) is 36.1 Å². The Morgan fingerprint density at radius 3 is 2.83 bits per heavy atom. The monoisotopic (exact) mass is 245 g/mol. The number of hydrogen-bond acceptors (Lipinski definition) is 3. The van der Waals surface area contributed by atoms with Gasteiger partial charge in [0.15, 0.2) is 0 Å². The zero-order valence-corrected chi connectivity index (χ0v) is 10.6. The summed E-state index contributed by atoms with van der Waals surface area (Å²) < 4.78 is 5.80. The Morgan fingerprint density at radius 2 is 2.17 bits per heavy atom. The zero-order valence-electron chi connectivity index (χ0n) is 10.6. The van der Waals surface area contributed by atoms with E-state index in [-0.39, 0.29) is 6.04 Å². The summed E-state index contributed by atoms with van der Waals surface area (Å²) in [6.07, 6.45) is 2.96. The average molecular weight is 245 g/mol. The molecular weight excluding hydrogens is 226 g/mol. The smallest absolute Gasteiger partial charge is 0.134 e. The summed E-state index contributed by atoms with van der Waals surface area (Å²) in [5, 5.41) is 14.5. The van der Waals surface area contributed by atoms with Crippen LogP contribution in [-0.4, -0.2) is 17.3 Å². The van der Waals surface area contributed by atoms with E-state index in [1.165, 1.54) is 0 Å². The van der Waals surface area contributed by atoms with Crippen LogP contribution < -0.4 is 5.32 Å². The molecule has 0 saturated heterocycles. The van der Waals surface area contributed by atoms with Crippen LogP contribution in [0.2, 0.25) is 0 Å². The highest BCUT2D eigenvalue weighted by molar-refractivity contribution is 5.77. The predicted molar refractivity (Wildman–Crippen MR) is 71.4 cm³/mol. The van der Waals surface area contributed by atoms with Crippen molar-refractivity contribution in [2.24, 2.45) is 0 Å². The number of benzene rings is 1. The standard InChI is InChI=1S/C15H19NO2/c1-11(16-10-15(17)7-4-8-15)14-9-12-5-2-3-6-13(12)18-14/h2-3,5-6,9,11,16-17H,4,7-8,10H2,1H3. The van der Waals surface area contributed by atoms with E-state index in [1.807, 2.05) is 18.2 Å². The number of fused-ring (bicyclic) bond motifs is 1. The molecule has 0 bridgehead atoms. The summed E-state index contributed by atoms with van der Waals surface area (Å²) in [4.78, 5) is 0. The Labute approximate surface area is 107 Å². The Kier molecular flexibility index (Phi) is 2.88. The van der Waals surface area contributed by atoms with Gasteiger partial charge in [-0.1, -0.05) is 18.2 Å². The fourth-order valence-electron chi connectivity index (χ4n) is 2.42. The van der Waals surface area contributed by atoms with Gasteiger partial charge in [-0.25, -0.2) is 0 Å². The van der Waals surface area contributed by atoms with Gasteiger partial charge in [-0.05, 0) is 38.3 Å². The van der Waals surface area contributed by atoms with E-state index in [2.05, 4.69) is 24.4 Å². The summed E-state index contributed by atoms with van der Waals surface area (Å²) in [6.45, 7) is 2.71. The van der Waals surface area contributed by atoms with E-state index in [0.717, 1.165) is 36.0 Å². The van der Waals surface area contributed by atoms with Crippen molar-refractivity contribution >= 4 is 11.0 Å². The van der Waals surface area contributed by atoms with Gasteiger partial charge in [0.05, 0.1) is 11.6 Å². The first-order chi connectivity index (χ1) is 8.66. The molecule has 1 aliphatic carbocycles. The van der Waals surface area contributed by atoms with Crippen molar-refractivity contribution in [1.29, 1.82) is 0 Å². The Bertz CT molecular complexity index is 509. The van der Waals surface area contributed by atoms with Gasteiger partial charge < -0.3 is 14.8 Å².